The summed E-state index contributed by atoms with van der Waals surface area (Å²) in [6.45, 7) is 5.49. The van der Waals surface area contributed by atoms with Crippen molar-refractivity contribution in [2.24, 2.45) is 0 Å². The highest BCUT2D eigenvalue weighted by Crippen LogP contribution is 2.26. The number of carbonyl (C=O) groups excluding carboxylic acids is 2. The number of benzene rings is 2. The first-order valence-electron chi connectivity index (χ1n) is 8.38. The Kier molecular flexibility index (Phi) is 6.44. The van der Waals surface area contributed by atoms with Gasteiger partial charge in [-0.2, -0.15) is 0 Å². The highest BCUT2D eigenvalue weighted by Gasteiger charge is 2.21. The number of ether oxygens (including phenoxy) is 1. The minimum atomic E-state index is -1.13. The topological polar surface area (TPSA) is 55.4 Å². The Morgan fingerprint density at radius 2 is 1.69 bits per heavy atom. The molecule has 0 fully saturated rings. The van der Waals surface area contributed by atoms with E-state index in [1.54, 1.807) is 12.1 Å². The van der Waals surface area contributed by atoms with E-state index in [4.69, 9.17) is 4.74 Å². The molecule has 0 spiro atoms. The van der Waals surface area contributed by atoms with Crippen LogP contribution in [0.3, 0.4) is 0 Å². The summed E-state index contributed by atoms with van der Waals surface area (Å²) in [6.07, 6.45) is -0.221. The lowest BCUT2D eigenvalue weighted by molar-refractivity contribution is -0.123. The molecule has 2 rings (SSSR count). The largest absolute Gasteiger partial charge is 0.449 e. The molecule has 2 aromatic rings. The summed E-state index contributed by atoms with van der Waals surface area (Å²) in [5.74, 6) is -3.03. The second-order valence-corrected chi connectivity index (χ2v) is 6.09. The molecular formula is C20H21F2NO3. The van der Waals surface area contributed by atoms with E-state index in [0.29, 0.717) is 11.8 Å². The molecule has 0 heterocycles. The van der Waals surface area contributed by atoms with Gasteiger partial charge in [-0.15, -0.1) is 0 Å². The molecule has 0 aliphatic carbocycles. The summed E-state index contributed by atoms with van der Waals surface area (Å²) in [6, 6.07) is 9.75. The van der Waals surface area contributed by atoms with Crippen LogP contribution in [0, 0.1) is 11.6 Å². The number of halogens is 2. The molecule has 138 valence electrons. The number of amides is 1. The third-order valence-electron chi connectivity index (χ3n) is 4.11. The minimum Gasteiger partial charge on any atom is -0.449 e. The standard InChI is InChI=1S/C20H21F2NO3/c1-4-12(2)17-7-5-6-8-18(17)23-19(24)13(3)26-20(25)14-9-15(21)11-16(22)10-14/h5-13H,4H2,1-3H3,(H,23,24)/t12-,13+/m1/s1. The number of hydrogen-bond acceptors (Lipinski definition) is 3. The van der Waals surface area contributed by atoms with Crippen LogP contribution in [-0.4, -0.2) is 18.0 Å². The van der Waals surface area contributed by atoms with Gasteiger partial charge >= 0.3 is 5.97 Å². The van der Waals surface area contributed by atoms with Crippen LogP contribution in [0.2, 0.25) is 0 Å². The summed E-state index contributed by atoms with van der Waals surface area (Å²) >= 11 is 0. The Labute approximate surface area is 151 Å². The van der Waals surface area contributed by atoms with Crippen molar-refractivity contribution < 1.29 is 23.1 Å². The van der Waals surface area contributed by atoms with Crippen molar-refractivity contribution in [1.82, 2.24) is 0 Å². The number of para-hydroxylation sites is 1. The molecule has 2 aromatic carbocycles. The molecule has 0 aromatic heterocycles. The molecular weight excluding hydrogens is 340 g/mol. The lowest BCUT2D eigenvalue weighted by Gasteiger charge is -2.18. The van der Waals surface area contributed by atoms with Gasteiger partial charge in [0, 0.05) is 11.8 Å². The molecule has 0 radical (unpaired) electrons. The van der Waals surface area contributed by atoms with Gasteiger partial charge < -0.3 is 10.1 Å². The van der Waals surface area contributed by atoms with Crippen molar-refractivity contribution in [2.45, 2.75) is 39.2 Å². The Morgan fingerprint density at radius 1 is 1.08 bits per heavy atom. The van der Waals surface area contributed by atoms with Crippen molar-refractivity contribution in [1.29, 1.82) is 0 Å². The molecule has 2 atom stereocenters. The summed E-state index contributed by atoms with van der Waals surface area (Å²) in [7, 11) is 0. The average Bonchev–Trinajstić information content (AvgIpc) is 2.60. The lowest BCUT2D eigenvalue weighted by Crippen LogP contribution is -2.30. The minimum absolute atomic E-state index is 0.250. The van der Waals surface area contributed by atoms with E-state index in [-0.39, 0.29) is 11.5 Å². The van der Waals surface area contributed by atoms with E-state index in [9.17, 15) is 18.4 Å². The van der Waals surface area contributed by atoms with E-state index < -0.39 is 29.6 Å². The monoisotopic (exact) mass is 361 g/mol. The van der Waals surface area contributed by atoms with E-state index in [2.05, 4.69) is 5.32 Å². The summed E-state index contributed by atoms with van der Waals surface area (Å²) in [5, 5.41) is 2.74. The quantitative estimate of drug-likeness (QED) is 0.761. The molecule has 1 N–H and O–H groups in total. The third-order valence-corrected chi connectivity index (χ3v) is 4.11. The number of hydrogen-bond donors (Lipinski definition) is 1. The molecule has 1 amide bonds. The van der Waals surface area contributed by atoms with Gasteiger partial charge in [0.25, 0.3) is 5.91 Å². The predicted octanol–water partition coefficient (Wildman–Crippen LogP) is 4.66. The van der Waals surface area contributed by atoms with Gasteiger partial charge in [0.15, 0.2) is 6.10 Å². The van der Waals surface area contributed by atoms with Gasteiger partial charge in [0.05, 0.1) is 5.56 Å². The first kappa shape index (κ1) is 19.6. The zero-order chi connectivity index (χ0) is 19.3. The number of nitrogens with one attached hydrogen (secondary N) is 1. The second kappa shape index (κ2) is 8.56. The highest BCUT2D eigenvalue weighted by molar-refractivity contribution is 5.97. The zero-order valence-corrected chi connectivity index (χ0v) is 14.9. The molecule has 0 saturated carbocycles. The normalized spacial score (nSPS) is 13.0. The van der Waals surface area contributed by atoms with E-state index in [1.807, 2.05) is 26.0 Å². The Hall–Kier alpha value is -2.76. The van der Waals surface area contributed by atoms with Crippen LogP contribution in [0.15, 0.2) is 42.5 Å². The molecule has 0 aliphatic heterocycles. The molecule has 0 saturated heterocycles. The molecule has 0 bridgehead atoms. The van der Waals surface area contributed by atoms with Crippen molar-refractivity contribution in [3.8, 4) is 0 Å². The lowest BCUT2D eigenvalue weighted by atomic mass is 9.97. The number of carbonyl (C=O) groups is 2. The summed E-state index contributed by atoms with van der Waals surface area (Å²) in [4.78, 5) is 24.3. The van der Waals surface area contributed by atoms with E-state index >= 15 is 0 Å². The van der Waals surface area contributed by atoms with Crippen molar-refractivity contribution in [3.05, 3.63) is 65.2 Å². The van der Waals surface area contributed by atoms with Gasteiger partial charge in [-0.3, -0.25) is 4.79 Å². The molecule has 4 nitrogen and oxygen atoms in total. The van der Waals surface area contributed by atoms with Gasteiger partial charge in [0.1, 0.15) is 11.6 Å². The second-order valence-electron chi connectivity index (χ2n) is 6.09. The van der Waals surface area contributed by atoms with Crippen LogP contribution < -0.4 is 5.32 Å². The predicted molar refractivity (Wildman–Crippen MR) is 95.0 cm³/mol. The first-order chi connectivity index (χ1) is 12.3. The van der Waals surface area contributed by atoms with Crippen LogP contribution in [0.1, 0.15) is 49.0 Å². The van der Waals surface area contributed by atoms with Crippen LogP contribution in [-0.2, 0) is 9.53 Å². The van der Waals surface area contributed by atoms with Gasteiger partial charge in [-0.05, 0) is 43.0 Å². The van der Waals surface area contributed by atoms with Crippen LogP contribution in [0.25, 0.3) is 0 Å². The van der Waals surface area contributed by atoms with Crippen molar-refractivity contribution in [3.63, 3.8) is 0 Å². The maximum atomic E-state index is 13.2. The maximum absolute atomic E-state index is 13.2. The zero-order valence-electron chi connectivity index (χ0n) is 14.9. The molecule has 0 aliphatic rings. The number of rotatable bonds is 6. The van der Waals surface area contributed by atoms with Gasteiger partial charge in [-0.25, -0.2) is 13.6 Å². The van der Waals surface area contributed by atoms with Gasteiger partial charge in [-0.1, -0.05) is 32.0 Å². The fraction of sp³-hybridized carbons (Fsp3) is 0.300. The SMILES string of the molecule is CC[C@@H](C)c1ccccc1NC(=O)[C@H](C)OC(=O)c1cc(F)cc(F)c1. The first-order valence-corrected chi connectivity index (χ1v) is 8.38. The van der Waals surface area contributed by atoms with Crippen molar-refractivity contribution >= 4 is 17.6 Å². The van der Waals surface area contributed by atoms with Crippen LogP contribution in [0.5, 0.6) is 0 Å². The molecule has 0 unspecified atom stereocenters. The Bertz CT molecular complexity index is 787. The van der Waals surface area contributed by atoms with Crippen molar-refractivity contribution in [2.75, 3.05) is 5.32 Å². The van der Waals surface area contributed by atoms with E-state index in [1.165, 1.54) is 6.92 Å². The Balaban J connectivity index is 2.07. The summed E-state index contributed by atoms with van der Waals surface area (Å²) in [5.41, 5.74) is 1.34. The molecule has 26 heavy (non-hydrogen) atoms. The smallest absolute Gasteiger partial charge is 0.339 e. The summed E-state index contributed by atoms with van der Waals surface area (Å²) < 4.78 is 31.4. The van der Waals surface area contributed by atoms with Gasteiger partial charge in [0.2, 0.25) is 0 Å². The average molecular weight is 361 g/mol. The Morgan fingerprint density at radius 3 is 2.31 bits per heavy atom. The van der Waals surface area contributed by atoms with E-state index in [0.717, 1.165) is 24.1 Å². The maximum Gasteiger partial charge on any atom is 0.339 e. The highest BCUT2D eigenvalue weighted by atomic mass is 19.1. The third kappa shape index (κ3) is 4.88. The fourth-order valence-corrected chi connectivity index (χ4v) is 2.45. The number of anilines is 1. The van der Waals surface area contributed by atoms with Crippen LogP contribution in [0.4, 0.5) is 14.5 Å². The molecule has 6 heteroatoms. The fourth-order valence-electron chi connectivity index (χ4n) is 2.45. The number of esters is 1. The van der Waals surface area contributed by atoms with Crippen LogP contribution >= 0.6 is 0 Å².